The topological polar surface area (TPSA) is 40.5 Å². The summed E-state index contributed by atoms with van der Waals surface area (Å²) in [6, 6.07) is 24.3. The zero-order valence-corrected chi connectivity index (χ0v) is 13.0. The Morgan fingerprint density at radius 1 is 0.500 bits per heavy atom. The summed E-state index contributed by atoms with van der Waals surface area (Å²) in [5, 5.41) is 25.8. The van der Waals surface area contributed by atoms with Crippen molar-refractivity contribution < 1.29 is 10.2 Å². The number of aliphatic hydroxyl groups is 2. The maximum Gasteiger partial charge on any atom is 0.110 e. The molecule has 0 saturated carbocycles. The molecule has 0 aliphatic heterocycles. The van der Waals surface area contributed by atoms with Gasteiger partial charge < -0.3 is 10.2 Å². The van der Waals surface area contributed by atoms with Crippen molar-refractivity contribution in [2.75, 3.05) is 0 Å². The van der Waals surface area contributed by atoms with Gasteiger partial charge in [-0.1, -0.05) is 72.8 Å². The number of rotatable bonds is 0. The molecule has 0 unspecified atom stereocenters. The molecule has 0 heterocycles. The van der Waals surface area contributed by atoms with Crippen LogP contribution in [-0.4, -0.2) is 10.2 Å². The second kappa shape index (κ2) is 4.91. The molecule has 0 radical (unpaired) electrons. The molecule has 0 spiro atoms. The minimum atomic E-state index is -0.904. The SMILES string of the molecule is O[C@H]1c2ccc3ccccc3c2-c2c(ccc3ccccc23)[C@@H]1O. The number of fused-ring (bicyclic) bond motifs is 7. The van der Waals surface area contributed by atoms with E-state index in [4.69, 9.17) is 0 Å². The van der Waals surface area contributed by atoms with Crippen LogP contribution in [0.1, 0.15) is 23.3 Å². The highest BCUT2D eigenvalue weighted by Gasteiger charge is 2.33. The van der Waals surface area contributed by atoms with Crippen LogP contribution < -0.4 is 0 Å². The lowest BCUT2D eigenvalue weighted by molar-refractivity contribution is 0.0160. The van der Waals surface area contributed by atoms with E-state index in [1.165, 1.54) is 0 Å². The van der Waals surface area contributed by atoms with E-state index in [2.05, 4.69) is 24.3 Å². The molecular formula is C22H16O2. The Balaban J connectivity index is 2.02. The van der Waals surface area contributed by atoms with Crippen LogP contribution in [0.3, 0.4) is 0 Å². The van der Waals surface area contributed by atoms with Gasteiger partial charge in [0.15, 0.2) is 0 Å². The van der Waals surface area contributed by atoms with Crippen LogP contribution in [0.15, 0.2) is 72.8 Å². The highest BCUT2D eigenvalue weighted by Crippen LogP contribution is 2.49. The van der Waals surface area contributed by atoms with Crippen molar-refractivity contribution in [1.82, 2.24) is 0 Å². The third kappa shape index (κ3) is 1.72. The number of aliphatic hydroxyl groups excluding tert-OH is 2. The van der Waals surface area contributed by atoms with E-state index in [9.17, 15) is 10.2 Å². The lowest BCUT2D eigenvalue weighted by Crippen LogP contribution is -2.17. The molecule has 0 aromatic heterocycles. The molecule has 1 aliphatic rings. The van der Waals surface area contributed by atoms with Crippen molar-refractivity contribution in [3.8, 4) is 11.1 Å². The van der Waals surface area contributed by atoms with Gasteiger partial charge in [-0.3, -0.25) is 0 Å². The third-order valence-electron chi connectivity index (χ3n) is 5.11. The van der Waals surface area contributed by atoms with E-state index in [0.717, 1.165) is 43.8 Å². The number of hydrogen-bond acceptors (Lipinski definition) is 2. The molecule has 24 heavy (non-hydrogen) atoms. The largest absolute Gasteiger partial charge is 0.385 e. The Bertz CT molecular complexity index is 1010. The summed E-state index contributed by atoms with van der Waals surface area (Å²) in [6.45, 7) is 0. The lowest BCUT2D eigenvalue weighted by Gasteiger charge is -2.31. The summed E-state index contributed by atoms with van der Waals surface area (Å²) in [5.74, 6) is 0. The Morgan fingerprint density at radius 2 is 0.917 bits per heavy atom. The molecule has 2 nitrogen and oxygen atoms in total. The maximum atomic E-state index is 10.7. The third-order valence-corrected chi connectivity index (χ3v) is 5.11. The Kier molecular flexibility index (Phi) is 2.81. The summed E-state index contributed by atoms with van der Waals surface area (Å²) in [5.41, 5.74) is 3.67. The van der Waals surface area contributed by atoms with Gasteiger partial charge in [-0.25, -0.2) is 0 Å². The maximum absolute atomic E-state index is 10.7. The van der Waals surface area contributed by atoms with Crippen molar-refractivity contribution in [2.24, 2.45) is 0 Å². The van der Waals surface area contributed by atoms with Crippen molar-refractivity contribution in [2.45, 2.75) is 12.2 Å². The van der Waals surface area contributed by atoms with Gasteiger partial charge in [-0.05, 0) is 43.8 Å². The molecule has 5 rings (SSSR count). The van der Waals surface area contributed by atoms with Gasteiger partial charge in [0, 0.05) is 0 Å². The van der Waals surface area contributed by atoms with Crippen LogP contribution in [0.4, 0.5) is 0 Å². The van der Waals surface area contributed by atoms with E-state index < -0.39 is 12.2 Å². The van der Waals surface area contributed by atoms with Gasteiger partial charge in [0.25, 0.3) is 0 Å². The smallest absolute Gasteiger partial charge is 0.110 e. The van der Waals surface area contributed by atoms with Crippen molar-refractivity contribution in [1.29, 1.82) is 0 Å². The van der Waals surface area contributed by atoms with Crippen LogP contribution in [-0.2, 0) is 0 Å². The predicted molar refractivity (Wildman–Crippen MR) is 96.8 cm³/mol. The van der Waals surface area contributed by atoms with Gasteiger partial charge in [0.05, 0.1) is 0 Å². The lowest BCUT2D eigenvalue weighted by atomic mass is 9.78. The Labute approximate surface area is 139 Å². The van der Waals surface area contributed by atoms with Crippen LogP contribution in [0, 0.1) is 0 Å². The Morgan fingerprint density at radius 3 is 1.38 bits per heavy atom. The van der Waals surface area contributed by atoms with Gasteiger partial charge in [-0.15, -0.1) is 0 Å². The summed E-state index contributed by atoms with van der Waals surface area (Å²) in [6.07, 6.45) is -1.81. The number of hydrogen-bond donors (Lipinski definition) is 2. The summed E-state index contributed by atoms with van der Waals surface area (Å²) in [4.78, 5) is 0. The fourth-order valence-corrected chi connectivity index (χ4v) is 3.97. The van der Waals surface area contributed by atoms with E-state index in [-0.39, 0.29) is 0 Å². The van der Waals surface area contributed by atoms with E-state index >= 15 is 0 Å². The van der Waals surface area contributed by atoms with Crippen molar-refractivity contribution >= 4 is 21.5 Å². The molecule has 0 saturated heterocycles. The molecule has 116 valence electrons. The summed E-state index contributed by atoms with van der Waals surface area (Å²) < 4.78 is 0. The first kappa shape index (κ1) is 13.7. The van der Waals surface area contributed by atoms with Gasteiger partial charge >= 0.3 is 0 Å². The Hall–Kier alpha value is -2.68. The fraction of sp³-hybridized carbons (Fsp3) is 0.0909. The van der Waals surface area contributed by atoms with Crippen molar-refractivity contribution in [3.05, 3.63) is 83.9 Å². The second-order valence-corrected chi connectivity index (χ2v) is 6.39. The molecule has 4 aromatic rings. The second-order valence-electron chi connectivity index (χ2n) is 6.39. The molecule has 1 aliphatic carbocycles. The molecule has 0 amide bonds. The van der Waals surface area contributed by atoms with E-state index in [0.29, 0.717) is 0 Å². The van der Waals surface area contributed by atoms with Gasteiger partial charge in [0.1, 0.15) is 12.2 Å². The first-order chi connectivity index (χ1) is 11.8. The highest BCUT2D eigenvalue weighted by atomic mass is 16.3. The summed E-state index contributed by atoms with van der Waals surface area (Å²) in [7, 11) is 0. The first-order valence-electron chi connectivity index (χ1n) is 8.15. The molecule has 0 fully saturated rings. The van der Waals surface area contributed by atoms with Crippen LogP contribution in [0.5, 0.6) is 0 Å². The molecule has 0 bridgehead atoms. The normalized spacial score (nSPS) is 19.2. The fourth-order valence-electron chi connectivity index (χ4n) is 3.97. The highest BCUT2D eigenvalue weighted by molar-refractivity contribution is 6.08. The zero-order valence-electron chi connectivity index (χ0n) is 13.0. The molecule has 2 atom stereocenters. The first-order valence-corrected chi connectivity index (χ1v) is 8.15. The minimum absolute atomic E-state index is 0.796. The monoisotopic (exact) mass is 312 g/mol. The summed E-state index contributed by atoms with van der Waals surface area (Å²) >= 11 is 0. The van der Waals surface area contributed by atoms with Gasteiger partial charge in [-0.2, -0.15) is 0 Å². The molecule has 4 aromatic carbocycles. The molecule has 2 N–H and O–H groups in total. The van der Waals surface area contributed by atoms with Crippen LogP contribution >= 0.6 is 0 Å². The zero-order chi connectivity index (χ0) is 16.3. The van der Waals surface area contributed by atoms with E-state index in [1.54, 1.807) is 0 Å². The standard InChI is InChI=1S/C22H16O2/c23-21-17-11-9-13-5-1-3-7-15(13)19(17)20-16-8-4-2-6-14(16)10-12-18(20)22(21)24/h1-12,21-24H/t21-,22-/m0/s1. The predicted octanol–water partition coefficient (Wildman–Crippen LogP) is 4.74. The quantitative estimate of drug-likeness (QED) is 0.492. The average molecular weight is 312 g/mol. The van der Waals surface area contributed by atoms with Crippen LogP contribution in [0.25, 0.3) is 32.7 Å². The van der Waals surface area contributed by atoms with Crippen molar-refractivity contribution in [3.63, 3.8) is 0 Å². The number of benzene rings is 4. The van der Waals surface area contributed by atoms with Crippen LogP contribution in [0.2, 0.25) is 0 Å². The van der Waals surface area contributed by atoms with Gasteiger partial charge in [0.2, 0.25) is 0 Å². The average Bonchev–Trinajstić information content (AvgIpc) is 2.64. The molecule has 2 heteroatoms. The minimum Gasteiger partial charge on any atom is -0.385 e. The molecular weight excluding hydrogens is 296 g/mol. The van der Waals surface area contributed by atoms with E-state index in [1.807, 2.05) is 48.5 Å².